The monoisotopic (exact) mass is 259 g/mol. The lowest BCUT2D eigenvalue weighted by Crippen LogP contribution is -2.47. The van der Waals surface area contributed by atoms with Crippen molar-refractivity contribution in [1.82, 2.24) is 10.2 Å². The molecule has 0 radical (unpaired) electrons. The Balaban J connectivity index is 2.08. The Morgan fingerprint density at radius 3 is 2.47 bits per heavy atom. The number of anilines is 1. The standard InChI is InChI=1S/C15H21N3O/c1-10-4-5-11(2)13-12(10)14(15(19)17(13)3)18-8-6-16-7-9-18/h4-5,14,16H,6-9H2,1-3H3. The van der Waals surface area contributed by atoms with E-state index in [4.69, 9.17) is 0 Å². The quantitative estimate of drug-likeness (QED) is 0.824. The zero-order valence-corrected chi connectivity index (χ0v) is 11.9. The molecule has 1 aromatic rings. The highest BCUT2D eigenvalue weighted by molar-refractivity contribution is 6.05. The molecule has 102 valence electrons. The molecule has 0 aromatic heterocycles. The van der Waals surface area contributed by atoms with Crippen molar-refractivity contribution < 1.29 is 4.79 Å². The number of nitrogens with zero attached hydrogens (tertiary/aromatic N) is 2. The van der Waals surface area contributed by atoms with Crippen LogP contribution in [0.15, 0.2) is 12.1 Å². The molecule has 1 aromatic carbocycles. The van der Waals surface area contributed by atoms with Crippen LogP contribution in [-0.2, 0) is 4.79 Å². The van der Waals surface area contributed by atoms with E-state index in [1.54, 1.807) is 0 Å². The average Bonchev–Trinajstić information content (AvgIpc) is 2.69. The summed E-state index contributed by atoms with van der Waals surface area (Å²) in [6, 6.07) is 4.16. The summed E-state index contributed by atoms with van der Waals surface area (Å²) >= 11 is 0. The van der Waals surface area contributed by atoms with Crippen molar-refractivity contribution >= 4 is 11.6 Å². The van der Waals surface area contributed by atoms with E-state index in [2.05, 4.69) is 36.2 Å². The Labute approximate surface area is 114 Å². The van der Waals surface area contributed by atoms with E-state index < -0.39 is 0 Å². The third-order valence-corrected chi connectivity index (χ3v) is 4.33. The van der Waals surface area contributed by atoms with Crippen LogP contribution in [0, 0.1) is 13.8 Å². The van der Waals surface area contributed by atoms with E-state index in [1.165, 1.54) is 16.7 Å². The maximum atomic E-state index is 12.6. The van der Waals surface area contributed by atoms with E-state index in [1.807, 2.05) is 11.9 Å². The highest BCUT2D eigenvalue weighted by atomic mass is 16.2. The van der Waals surface area contributed by atoms with Gasteiger partial charge in [0.1, 0.15) is 6.04 Å². The van der Waals surface area contributed by atoms with Crippen LogP contribution in [0.1, 0.15) is 22.7 Å². The minimum atomic E-state index is -0.0815. The summed E-state index contributed by atoms with van der Waals surface area (Å²) in [5.41, 5.74) is 4.75. The Morgan fingerprint density at radius 1 is 1.16 bits per heavy atom. The molecule has 0 aliphatic carbocycles. The lowest BCUT2D eigenvalue weighted by molar-refractivity contribution is -0.123. The maximum absolute atomic E-state index is 12.6. The molecule has 4 heteroatoms. The molecule has 2 aliphatic rings. The van der Waals surface area contributed by atoms with Gasteiger partial charge in [-0.2, -0.15) is 0 Å². The molecule has 2 heterocycles. The predicted octanol–water partition coefficient (Wildman–Crippen LogP) is 1.23. The predicted molar refractivity (Wildman–Crippen MR) is 76.5 cm³/mol. The van der Waals surface area contributed by atoms with Crippen LogP contribution in [0.5, 0.6) is 0 Å². The number of nitrogens with one attached hydrogen (secondary N) is 1. The van der Waals surface area contributed by atoms with Gasteiger partial charge in [0.05, 0.1) is 5.69 Å². The molecule has 2 aliphatic heterocycles. The Hall–Kier alpha value is -1.39. The molecule has 1 fully saturated rings. The second-order valence-electron chi connectivity index (χ2n) is 5.55. The number of hydrogen-bond donors (Lipinski definition) is 1. The second-order valence-corrected chi connectivity index (χ2v) is 5.55. The van der Waals surface area contributed by atoms with Crippen molar-refractivity contribution in [3.63, 3.8) is 0 Å². The Morgan fingerprint density at radius 2 is 1.79 bits per heavy atom. The van der Waals surface area contributed by atoms with Crippen molar-refractivity contribution in [2.24, 2.45) is 0 Å². The van der Waals surface area contributed by atoms with E-state index in [0.717, 1.165) is 31.9 Å². The summed E-state index contributed by atoms with van der Waals surface area (Å²) in [4.78, 5) is 16.8. The van der Waals surface area contributed by atoms with E-state index >= 15 is 0 Å². The zero-order valence-electron chi connectivity index (χ0n) is 11.9. The van der Waals surface area contributed by atoms with Crippen LogP contribution >= 0.6 is 0 Å². The second kappa shape index (κ2) is 4.62. The molecular formula is C15H21N3O. The number of hydrogen-bond acceptors (Lipinski definition) is 3. The topological polar surface area (TPSA) is 35.6 Å². The number of aryl methyl sites for hydroxylation is 2. The first-order chi connectivity index (χ1) is 9.11. The molecule has 1 N–H and O–H groups in total. The van der Waals surface area contributed by atoms with Gasteiger partial charge in [-0.25, -0.2) is 0 Å². The fraction of sp³-hybridized carbons (Fsp3) is 0.533. The molecule has 1 saturated heterocycles. The van der Waals surface area contributed by atoms with Crippen LogP contribution in [0.4, 0.5) is 5.69 Å². The number of fused-ring (bicyclic) bond motifs is 1. The van der Waals surface area contributed by atoms with E-state index in [9.17, 15) is 4.79 Å². The van der Waals surface area contributed by atoms with Gasteiger partial charge in [-0.05, 0) is 25.0 Å². The van der Waals surface area contributed by atoms with Gasteiger partial charge < -0.3 is 10.2 Å². The molecule has 4 nitrogen and oxygen atoms in total. The van der Waals surface area contributed by atoms with Gasteiger partial charge in [-0.15, -0.1) is 0 Å². The van der Waals surface area contributed by atoms with Crippen LogP contribution in [0.2, 0.25) is 0 Å². The molecule has 1 unspecified atom stereocenters. The number of likely N-dealkylation sites (N-methyl/N-ethyl adjacent to an activating group) is 1. The molecule has 1 amide bonds. The lowest BCUT2D eigenvalue weighted by atomic mass is 9.98. The van der Waals surface area contributed by atoms with E-state index in [-0.39, 0.29) is 11.9 Å². The highest BCUT2D eigenvalue weighted by Gasteiger charge is 2.41. The first kappa shape index (κ1) is 12.6. The summed E-state index contributed by atoms with van der Waals surface area (Å²) < 4.78 is 0. The summed E-state index contributed by atoms with van der Waals surface area (Å²) in [6.45, 7) is 8.01. The molecule has 3 rings (SSSR count). The highest BCUT2D eigenvalue weighted by Crippen LogP contribution is 2.42. The van der Waals surface area contributed by atoms with Crippen LogP contribution in [0.25, 0.3) is 0 Å². The number of rotatable bonds is 1. The van der Waals surface area contributed by atoms with Crippen LogP contribution in [-0.4, -0.2) is 44.0 Å². The molecule has 19 heavy (non-hydrogen) atoms. The number of carbonyl (C=O) groups excluding carboxylic acids is 1. The summed E-state index contributed by atoms with van der Waals surface area (Å²) in [5, 5.41) is 3.35. The largest absolute Gasteiger partial charge is 0.314 e. The van der Waals surface area contributed by atoms with Gasteiger partial charge in [0.2, 0.25) is 5.91 Å². The minimum absolute atomic E-state index is 0.0815. The molecular weight excluding hydrogens is 238 g/mol. The molecule has 0 spiro atoms. The van der Waals surface area contributed by atoms with Crippen molar-refractivity contribution in [2.45, 2.75) is 19.9 Å². The summed E-state index contributed by atoms with van der Waals surface area (Å²) in [7, 11) is 1.90. The number of amides is 1. The lowest BCUT2D eigenvalue weighted by Gasteiger charge is -2.32. The van der Waals surface area contributed by atoms with Crippen molar-refractivity contribution in [1.29, 1.82) is 0 Å². The fourth-order valence-electron chi connectivity index (χ4n) is 3.30. The number of benzene rings is 1. The van der Waals surface area contributed by atoms with Gasteiger partial charge in [-0.1, -0.05) is 12.1 Å². The minimum Gasteiger partial charge on any atom is -0.314 e. The summed E-state index contributed by atoms with van der Waals surface area (Å²) in [6.07, 6.45) is 0. The zero-order chi connectivity index (χ0) is 13.6. The van der Waals surface area contributed by atoms with Gasteiger partial charge >= 0.3 is 0 Å². The molecule has 0 bridgehead atoms. The maximum Gasteiger partial charge on any atom is 0.248 e. The fourth-order valence-corrected chi connectivity index (χ4v) is 3.30. The first-order valence-electron chi connectivity index (χ1n) is 6.93. The normalized spacial score (nSPS) is 23.8. The van der Waals surface area contributed by atoms with Gasteiger partial charge in [0.15, 0.2) is 0 Å². The third kappa shape index (κ3) is 1.86. The van der Waals surface area contributed by atoms with E-state index in [0.29, 0.717) is 0 Å². The number of carbonyl (C=O) groups is 1. The SMILES string of the molecule is Cc1ccc(C)c2c1C(N1CCNCC1)C(=O)N2C. The molecule has 0 saturated carbocycles. The Bertz CT molecular complexity index is 520. The number of piperazine rings is 1. The summed E-state index contributed by atoms with van der Waals surface area (Å²) in [5.74, 6) is 0.217. The van der Waals surface area contributed by atoms with Crippen LogP contribution < -0.4 is 10.2 Å². The van der Waals surface area contributed by atoms with Crippen molar-refractivity contribution in [3.8, 4) is 0 Å². The average molecular weight is 259 g/mol. The van der Waals surface area contributed by atoms with Gasteiger partial charge in [0.25, 0.3) is 0 Å². The third-order valence-electron chi connectivity index (χ3n) is 4.33. The van der Waals surface area contributed by atoms with Crippen molar-refractivity contribution in [3.05, 3.63) is 28.8 Å². The first-order valence-corrected chi connectivity index (χ1v) is 6.93. The van der Waals surface area contributed by atoms with Crippen molar-refractivity contribution in [2.75, 3.05) is 38.1 Å². The van der Waals surface area contributed by atoms with Gasteiger partial charge in [-0.3, -0.25) is 9.69 Å². The Kier molecular flexibility index (Phi) is 3.07. The van der Waals surface area contributed by atoms with Gasteiger partial charge in [0, 0.05) is 38.8 Å². The smallest absolute Gasteiger partial charge is 0.248 e. The molecule has 1 atom stereocenters. The van der Waals surface area contributed by atoms with Crippen LogP contribution in [0.3, 0.4) is 0 Å².